The Labute approximate surface area is 370 Å². The molecule has 2 saturated heterocycles. The lowest BCUT2D eigenvalue weighted by molar-refractivity contribution is -0.238. The van der Waals surface area contributed by atoms with Gasteiger partial charge >= 0.3 is 0 Å². The van der Waals surface area contributed by atoms with E-state index in [1.807, 2.05) is 36.4 Å². The molecule has 4 aromatic rings. The van der Waals surface area contributed by atoms with Gasteiger partial charge in [-0.15, -0.1) is 0 Å². The van der Waals surface area contributed by atoms with Gasteiger partial charge in [0.15, 0.2) is 11.6 Å². The second-order valence-corrected chi connectivity index (χ2v) is 19.7. The molecule has 4 bridgehead atoms. The van der Waals surface area contributed by atoms with Crippen molar-refractivity contribution in [2.45, 2.75) is 126 Å². The molecule has 6 saturated carbocycles. The molecule has 2 spiro atoms. The molecule has 6 aliphatic carbocycles. The highest BCUT2D eigenvalue weighted by Crippen LogP contribution is 2.56. The van der Waals surface area contributed by atoms with Crippen LogP contribution in [-0.4, -0.2) is 60.5 Å². The number of benzene rings is 2. The minimum absolute atomic E-state index is 0.192. The highest BCUT2D eigenvalue weighted by molar-refractivity contribution is 6.39. The summed E-state index contributed by atoms with van der Waals surface area (Å²) in [6.07, 6.45) is 13.4. The van der Waals surface area contributed by atoms with Crippen molar-refractivity contribution in [2.24, 2.45) is 23.7 Å². The molecular formula is C46H50Cl4N2O8. The largest absolute Gasteiger partial charge is 0.373 e. The van der Waals surface area contributed by atoms with Gasteiger partial charge in [-0.25, -0.2) is 0 Å². The monoisotopic (exact) mass is 898 g/mol. The summed E-state index contributed by atoms with van der Waals surface area (Å²) in [5.74, 6) is 3.72. The van der Waals surface area contributed by atoms with Gasteiger partial charge in [0.1, 0.15) is 22.9 Å². The molecule has 6 atom stereocenters. The quantitative estimate of drug-likeness (QED) is 0.153. The fourth-order valence-electron chi connectivity index (χ4n) is 11.5. The Morgan fingerprint density at radius 1 is 0.500 bits per heavy atom. The van der Waals surface area contributed by atoms with E-state index in [1.54, 1.807) is 0 Å². The van der Waals surface area contributed by atoms with E-state index in [2.05, 4.69) is 10.3 Å². The summed E-state index contributed by atoms with van der Waals surface area (Å²) in [5, 5.41) is 11.0. The van der Waals surface area contributed by atoms with Gasteiger partial charge in [-0.1, -0.05) is 68.8 Å². The van der Waals surface area contributed by atoms with Gasteiger partial charge in [0.05, 0.1) is 71.9 Å². The number of nitrogens with zero attached hydrogens (tertiary/aromatic N) is 2. The van der Waals surface area contributed by atoms with Gasteiger partial charge in [-0.2, -0.15) is 0 Å². The maximum atomic E-state index is 6.47. The maximum absolute atomic E-state index is 6.47. The van der Waals surface area contributed by atoms with Crippen LogP contribution in [0.5, 0.6) is 0 Å². The van der Waals surface area contributed by atoms with E-state index >= 15 is 0 Å². The standard InChI is InChI=1S/2C23H25Cl2NO4/c2*24-18-2-1-3-19(25)20(18)21-17(22(30-26-21)13-4-5-13)12-27-16-10-14-6-7-15(11-16)23(14)28-8-9-29-23/h2*1-3,13-16H,4-12H2/t2*14-,15+,16?. The molecule has 8 aliphatic rings. The van der Waals surface area contributed by atoms with Crippen molar-refractivity contribution in [1.29, 1.82) is 0 Å². The second-order valence-electron chi connectivity index (χ2n) is 18.1. The number of hydrogen-bond donors (Lipinski definition) is 0. The molecule has 320 valence electrons. The van der Waals surface area contributed by atoms with E-state index in [0.29, 0.717) is 107 Å². The minimum Gasteiger partial charge on any atom is -0.373 e. The molecule has 4 heterocycles. The molecule has 14 heteroatoms. The SMILES string of the molecule is Clc1cccc(Cl)c1-c1noc(C2CC2)c1COC1C[C@H]2CC[C@@H](C1)C21OCCO1.Clc1cccc(Cl)c1-c1noc(C2CC2)c1COC1C[C@H]2CC[C@@H](C1)C21OCCO1. The van der Waals surface area contributed by atoms with E-state index in [-0.39, 0.29) is 23.8 Å². The Morgan fingerprint density at radius 3 is 1.15 bits per heavy atom. The van der Waals surface area contributed by atoms with Crippen LogP contribution in [0.2, 0.25) is 20.1 Å². The predicted molar refractivity (Wildman–Crippen MR) is 225 cm³/mol. The van der Waals surface area contributed by atoms with E-state index in [4.69, 9.17) is 83.9 Å². The van der Waals surface area contributed by atoms with E-state index in [9.17, 15) is 0 Å². The molecule has 8 fully saturated rings. The van der Waals surface area contributed by atoms with Crippen molar-refractivity contribution in [3.05, 3.63) is 79.1 Å². The molecule has 0 amide bonds. The lowest BCUT2D eigenvalue weighted by atomic mass is 9.81. The predicted octanol–water partition coefficient (Wildman–Crippen LogP) is 11.9. The Hall–Kier alpha value is -2.22. The first kappa shape index (κ1) is 40.5. The molecule has 12 rings (SSSR count). The minimum atomic E-state index is -0.341. The fraction of sp³-hybridized carbons (Fsp3) is 0.609. The van der Waals surface area contributed by atoms with Crippen LogP contribution in [0.15, 0.2) is 45.4 Å². The summed E-state index contributed by atoms with van der Waals surface area (Å²) in [7, 11) is 0. The molecule has 60 heavy (non-hydrogen) atoms. The summed E-state index contributed by atoms with van der Waals surface area (Å²) in [6.45, 7) is 3.78. The first-order valence-corrected chi connectivity index (χ1v) is 23.5. The van der Waals surface area contributed by atoms with Gasteiger partial charge in [-0.05, 0) is 101 Å². The van der Waals surface area contributed by atoms with Crippen LogP contribution in [0.1, 0.15) is 112 Å². The van der Waals surface area contributed by atoms with Gasteiger partial charge in [0, 0.05) is 57.8 Å². The fourth-order valence-corrected chi connectivity index (χ4v) is 12.6. The van der Waals surface area contributed by atoms with Crippen molar-refractivity contribution < 1.29 is 37.5 Å². The maximum Gasteiger partial charge on any atom is 0.174 e. The number of aromatic nitrogens is 2. The van der Waals surface area contributed by atoms with Gasteiger partial charge in [-0.3, -0.25) is 0 Å². The summed E-state index contributed by atoms with van der Waals surface area (Å²) in [4.78, 5) is 0. The summed E-state index contributed by atoms with van der Waals surface area (Å²) in [6, 6.07) is 11.0. The molecular weight excluding hydrogens is 850 g/mol. The first-order chi connectivity index (χ1) is 29.3. The van der Waals surface area contributed by atoms with Crippen LogP contribution in [0, 0.1) is 23.7 Å². The molecule has 10 nitrogen and oxygen atoms in total. The van der Waals surface area contributed by atoms with Crippen LogP contribution >= 0.6 is 46.4 Å². The van der Waals surface area contributed by atoms with Crippen LogP contribution in [0.4, 0.5) is 0 Å². The average Bonchev–Trinajstić information content (AvgIpc) is 4.01. The number of ether oxygens (including phenoxy) is 6. The first-order valence-electron chi connectivity index (χ1n) is 22.0. The molecule has 2 aromatic heterocycles. The van der Waals surface area contributed by atoms with Crippen molar-refractivity contribution in [3.63, 3.8) is 0 Å². The number of rotatable bonds is 10. The lowest BCUT2D eigenvalue weighted by Gasteiger charge is -2.41. The van der Waals surface area contributed by atoms with Crippen LogP contribution in [0.3, 0.4) is 0 Å². The molecule has 0 N–H and O–H groups in total. The van der Waals surface area contributed by atoms with Crippen molar-refractivity contribution in [3.8, 4) is 22.5 Å². The Bertz CT molecular complexity index is 1980. The van der Waals surface area contributed by atoms with Crippen molar-refractivity contribution in [2.75, 3.05) is 26.4 Å². The second kappa shape index (κ2) is 16.4. The third kappa shape index (κ3) is 7.27. The van der Waals surface area contributed by atoms with Crippen LogP contribution in [-0.2, 0) is 41.6 Å². The van der Waals surface area contributed by atoms with Gasteiger partial charge in [0.25, 0.3) is 0 Å². The lowest BCUT2D eigenvalue weighted by Crippen LogP contribution is -2.47. The smallest absolute Gasteiger partial charge is 0.174 e. The van der Waals surface area contributed by atoms with E-state index < -0.39 is 0 Å². The molecule has 0 radical (unpaired) electrons. The zero-order chi connectivity index (χ0) is 40.6. The van der Waals surface area contributed by atoms with Crippen molar-refractivity contribution in [1.82, 2.24) is 10.3 Å². The summed E-state index contributed by atoms with van der Waals surface area (Å²) in [5.41, 5.74) is 4.87. The van der Waals surface area contributed by atoms with Crippen LogP contribution < -0.4 is 0 Å². The van der Waals surface area contributed by atoms with E-state index in [0.717, 1.165) is 111 Å². The molecule has 2 aliphatic heterocycles. The summed E-state index contributed by atoms with van der Waals surface area (Å²) >= 11 is 25.9. The molecule has 2 unspecified atom stereocenters. The summed E-state index contributed by atoms with van der Waals surface area (Å²) < 4.78 is 48.9. The van der Waals surface area contributed by atoms with Gasteiger partial charge < -0.3 is 37.5 Å². The van der Waals surface area contributed by atoms with Crippen LogP contribution in [0.25, 0.3) is 22.5 Å². The van der Waals surface area contributed by atoms with Crippen molar-refractivity contribution >= 4 is 46.4 Å². The van der Waals surface area contributed by atoms with E-state index in [1.165, 1.54) is 0 Å². The highest BCUT2D eigenvalue weighted by atomic mass is 35.5. The zero-order valence-corrected chi connectivity index (χ0v) is 36.5. The average molecular weight is 901 g/mol. The Kier molecular flexibility index (Phi) is 11.1. The topological polar surface area (TPSA) is 107 Å². The Balaban J connectivity index is 0.000000136. The zero-order valence-electron chi connectivity index (χ0n) is 33.5. The highest BCUT2D eigenvalue weighted by Gasteiger charge is 2.59. The normalized spacial score (nSPS) is 29.7. The number of halogens is 4. The third-order valence-corrected chi connectivity index (χ3v) is 15.8. The molecule has 2 aromatic carbocycles. The Morgan fingerprint density at radius 2 is 0.833 bits per heavy atom. The number of hydrogen-bond acceptors (Lipinski definition) is 10. The third-order valence-electron chi connectivity index (χ3n) is 14.5. The van der Waals surface area contributed by atoms with Gasteiger partial charge in [0.2, 0.25) is 0 Å².